The van der Waals surface area contributed by atoms with E-state index in [2.05, 4.69) is 54.4 Å². The van der Waals surface area contributed by atoms with Crippen LogP contribution in [0.1, 0.15) is 36.5 Å². The molecule has 5 rings (SSSR count). The number of benzene rings is 2. The van der Waals surface area contributed by atoms with Gasteiger partial charge in [-0.25, -0.2) is 0 Å². The lowest BCUT2D eigenvalue weighted by Crippen LogP contribution is -2.23. The molecular formula is C25H24N4O2S2. The lowest BCUT2D eigenvalue weighted by atomic mass is 10.0. The Morgan fingerprint density at radius 1 is 1.06 bits per heavy atom. The summed E-state index contributed by atoms with van der Waals surface area (Å²) in [5, 5.41) is 11.6. The van der Waals surface area contributed by atoms with Gasteiger partial charge in [-0.3, -0.25) is 13.8 Å². The zero-order valence-electron chi connectivity index (χ0n) is 18.7. The third-order valence-corrected chi connectivity index (χ3v) is 7.56. The fraction of sp³-hybridized carbons (Fsp3) is 0.240. The number of hydrogen-bond acceptors (Lipinski definition) is 6. The van der Waals surface area contributed by atoms with Crippen LogP contribution in [-0.4, -0.2) is 26.3 Å². The van der Waals surface area contributed by atoms with Gasteiger partial charge in [0.25, 0.3) is 5.56 Å². The van der Waals surface area contributed by atoms with Gasteiger partial charge in [0.05, 0.1) is 19.2 Å². The van der Waals surface area contributed by atoms with E-state index >= 15 is 0 Å². The van der Waals surface area contributed by atoms with E-state index < -0.39 is 0 Å². The topological polar surface area (TPSA) is 61.4 Å². The fourth-order valence-electron chi connectivity index (χ4n) is 3.84. The van der Waals surface area contributed by atoms with Crippen LogP contribution in [0.15, 0.2) is 69.9 Å². The Kier molecular flexibility index (Phi) is 5.95. The van der Waals surface area contributed by atoms with Crippen molar-refractivity contribution in [3.63, 3.8) is 0 Å². The average Bonchev–Trinajstić information content (AvgIpc) is 3.48. The Morgan fingerprint density at radius 2 is 1.88 bits per heavy atom. The summed E-state index contributed by atoms with van der Waals surface area (Å²) < 4.78 is 9.78. The van der Waals surface area contributed by atoms with Crippen LogP contribution in [0.3, 0.4) is 0 Å². The number of methoxy groups -OCH3 is 1. The molecule has 0 aliphatic rings. The largest absolute Gasteiger partial charge is 0.497 e. The minimum atomic E-state index is -0.0304. The summed E-state index contributed by atoms with van der Waals surface area (Å²) >= 11 is 3.05. The second-order valence-corrected chi connectivity index (χ2v) is 10.0. The standard InChI is InChI=1S/C25H24N4O2S2/c1-16(2)19-9-7-17(8-10-19)14-28-23(30)22-21(11-12-32-22)29-24(28)26-27-25(29)33-15-18-5-4-6-20(13-18)31-3/h4-13,16H,14-15H2,1-3H3. The number of thiophene rings is 1. The second-order valence-electron chi connectivity index (χ2n) is 8.18. The minimum Gasteiger partial charge on any atom is -0.497 e. The second kappa shape index (κ2) is 9.03. The van der Waals surface area contributed by atoms with E-state index in [9.17, 15) is 4.79 Å². The van der Waals surface area contributed by atoms with E-state index in [1.54, 1.807) is 23.4 Å². The van der Waals surface area contributed by atoms with Gasteiger partial charge in [0.1, 0.15) is 10.4 Å². The molecule has 0 fully saturated rings. The molecular weight excluding hydrogens is 452 g/mol. The van der Waals surface area contributed by atoms with Crippen molar-refractivity contribution < 1.29 is 4.74 Å². The van der Waals surface area contributed by atoms with Crippen molar-refractivity contribution >= 4 is 39.1 Å². The van der Waals surface area contributed by atoms with Crippen LogP contribution in [0.4, 0.5) is 0 Å². The number of aromatic nitrogens is 4. The molecule has 0 spiro atoms. The van der Waals surface area contributed by atoms with Crippen molar-refractivity contribution in [3.05, 3.63) is 87.0 Å². The molecule has 6 nitrogen and oxygen atoms in total. The van der Waals surface area contributed by atoms with Crippen molar-refractivity contribution in [3.8, 4) is 5.75 Å². The normalized spacial score (nSPS) is 11.6. The van der Waals surface area contributed by atoms with Crippen LogP contribution in [0, 0.1) is 0 Å². The molecule has 2 aromatic carbocycles. The molecule has 0 aliphatic heterocycles. The SMILES string of the molecule is COc1cccc(CSc2nnc3n(Cc4ccc(C(C)C)cc4)c(=O)c4sccc4n23)c1. The molecule has 3 heterocycles. The summed E-state index contributed by atoms with van der Waals surface area (Å²) in [4.78, 5) is 13.3. The summed E-state index contributed by atoms with van der Waals surface area (Å²) in [6, 6.07) is 18.4. The molecule has 0 atom stereocenters. The van der Waals surface area contributed by atoms with Crippen molar-refractivity contribution in [2.45, 2.75) is 37.2 Å². The molecule has 0 unspecified atom stereocenters. The molecule has 0 saturated heterocycles. The molecule has 0 saturated carbocycles. The highest BCUT2D eigenvalue weighted by Crippen LogP contribution is 2.28. The first kappa shape index (κ1) is 21.7. The number of ether oxygens (including phenoxy) is 1. The average molecular weight is 477 g/mol. The third-order valence-electron chi connectivity index (χ3n) is 5.67. The van der Waals surface area contributed by atoms with E-state index in [1.165, 1.54) is 16.9 Å². The zero-order chi connectivity index (χ0) is 22.9. The lowest BCUT2D eigenvalue weighted by Gasteiger charge is -2.11. The van der Waals surface area contributed by atoms with Gasteiger partial charge in [0, 0.05) is 5.75 Å². The first-order valence-corrected chi connectivity index (χ1v) is 12.6. The van der Waals surface area contributed by atoms with Crippen molar-refractivity contribution in [1.29, 1.82) is 0 Å². The van der Waals surface area contributed by atoms with Crippen LogP contribution in [0.5, 0.6) is 5.75 Å². The number of thioether (sulfide) groups is 1. The predicted octanol–water partition coefficient (Wildman–Crippen LogP) is 5.58. The van der Waals surface area contributed by atoms with Gasteiger partial charge < -0.3 is 4.74 Å². The summed E-state index contributed by atoms with van der Waals surface area (Å²) in [6.45, 7) is 4.80. The van der Waals surface area contributed by atoms with Crippen LogP contribution in [0.2, 0.25) is 0 Å². The third kappa shape index (κ3) is 4.16. The summed E-state index contributed by atoms with van der Waals surface area (Å²) in [5.41, 5.74) is 4.30. The maximum absolute atomic E-state index is 13.3. The Balaban J connectivity index is 1.54. The van der Waals surface area contributed by atoms with Crippen LogP contribution in [0.25, 0.3) is 16.0 Å². The first-order chi connectivity index (χ1) is 16.0. The van der Waals surface area contributed by atoms with Gasteiger partial charge in [-0.2, -0.15) is 0 Å². The Morgan fingerprint density at radius 3 is 2.64 bits per heavy atom. The molecule has 0 radical (unpaired) electrons. The number of rotatable bonds is 7. The molecule has 8 heteroatoms. The van der Waals surface area contributed by atoms with Gasteiger partial charge in [0.2, 0.25) is 5.78 Å². The number of hydrogen-bond donors (Lipinski definition) is 0. The van der Waals surface area contributed by atoms with Gasteiger partial charge in [-0.05, 0) is 46.2 Å². The molecule has 168 valence electrons. The Hall–Kier alpha value is -3.10. The van der Waals surface area contributed by atoms with Crippen molar-refractivity contribution in [2.75, 3.05) is 7.11 Å². The maximum Gasteiger partial charge on any atom is 0.273 e. The molecule has 3 aromatic heterocycles. The van der Waals surface area contributed by atoms with Crippen molar-refractivity contribution in [1.82, 2.24) is 19.2 Å². The smallest absolute Gasteiger partial charge is 0.273 e. The molecule has 0 aliphatic carbocycles. The number of nitrogens with zero attached hydrogens (tertiary/aromatic N) is 4. The monoisotopic (exact) mass is 476 g/mol. The van der Waals surface area contributed by atoms with Gasteiger partial charge in [-0.1, -0.05) is 62.0 Å². The highest BCUT2D eigenvalue weighted by molar-refractivity contribution is 7.98. The molecule has 0 amide bonds. The Labute approximate surface area is 199 Å². The van der Waals surface area contributed by atoms with Crippen molar-refractivity contribution in [2.24, 2.45) is 0 Å². The van der Waals surface area contributed by atoms with E-state index in [4.69, 9.17) is 4.74 Å². The molecule has 5 aromatic rings. The minimum absolute atomic E-state index is 0.0304. The lowest BCUT2D eigenvalue weighted by molar-refractivity contribution is 0.414. The maximum atomic E-state index is 13.3. The van der Waals surface area contributed by atoms with Gasteiger partial charge in [0.15, 0.2) is 5.16 Å². The quantitative estimate of drug-likeness (QED) is 0.287. The van der Waals surface area contributed by atoms with Crippen LogP contribution in [-0.2, 0) is 12.3 Å². The van der Waals surface area contributed by atoms with Gasteiger partial charge in [-0.15, -0.1) is 21.5 Å². The van der Waals surface area contributed by atoms with E-state index in [0.717, 1.165) is 33.3 Å². The number of fused-ring (bicyclic) bond motifs is 3. The Bertz CT molecular complexity index is 1480. The van der Waals surface area contributed by atoms with E-state index in [0.29, 0.717) is 22.9 Å². The highest BCUT2D eigenvalue weighted by atomic mass is 32.2. The highest BCUT2D eigenvalue weighted by Gasteiger charge is 2.18. The molecule has 33 heavy (non-hydrogen) atoms. The van der Waals surface area contributed by atoms with Crippen LogP contribution < -0.4 is 10.3 Å². The van der Waals surface area contributed by atoms with E-state index in [-0.39, 0.29) is 5.56 Å². The molecule has 0 N–H and O–H groups in total. The van der Waals surface area contributed by atoms with Crippen LogP contribution >= 0.6 is 23.1 Å². The fourth-order valence-corrected chi connectivity index (χ4v) is 5.54. The zero-order valence-corrected chi connectivity index (χ0v) is 20.3. The van der Waals surface area contributed by atoms with Gasteiger partial charge >= 0.3 is 0 Å². The van der Waals surface area contributed by atoms with E-state index in [1.807, 2.05) is 34.0 Å². The summed E-state index contributed by atoms with van der Waals surface area (Å²) in [7, 11) is 1.67. The first-order valence-electron chi connectivity index (χ1n) is 10.7. The summed E-state index contributed by atoms with van der Waals surface area (Å²) in [5.74, 6) is 2.58. The predicted molar refractivity (Wildman–Crippen MR) is 135 cm³/mol. The summed E-state index contributed by atoms with van der Waals surface area (Å²) in [6.07, 6.45) is 0. The molecule has 0 bridgehead atoms.